The van der Waals surface area contributed by atoms with Crippen LogP contribution in [-0.4, -0.2) is 46.2 Å². The third-order valence-electron chi connectivity index (χ3n) is 4.03. The van der Waals surface area contributed by atoms with Crippen LogP contribution < -0.4 is 4.74 Å². The molecule has 1 saturated heterocycles. The van der Waals surface area contributed by atoms with Gasteiger partial charge in [0.05, 0.1) is 7.11 Å². The molecule has 0 aromatic carbocycles. The standard InChI is InChI=1S/C14H20N4O/c1-17-8-4-3-6-11(17)10-13-15-16-14-12(19-2)7-5-9-18(13)14/h5,7,9,11H,3-4,6,8,10H2,1-2H3. The summed E-state index contributed by atoms with van der Waals surface area (Å²) in [6.45, 7) is 1.19. The van der Waals surface area contributed by atoms with Crippen LogP contribution in [0.4, 0.5) is 0 Å². The fraction of sp³-hybridized carbons (Fsp3) is 0.571. The molecular weight excluding hydrogens is 240 g/mol. The van der Waals surface area contributed by atoms with Crippen molar-refractivity contribution in [3.63, 3.8) is 0 Å². The molecule has 1 unspecified atom stereocenters. The zero-order chi connectivity index (χ0) is 13.2. The number of rotatable bonds is 3. The van der Waals surface area contributed by atoms with E-state index in [2.05, 4.69) is 22.1 Å². The zero-order valence-electron chi connectivity index (χ0n) is 11.5. The highest BCUT2D eigenvalue weighted by molar-refractivity contribution is 5.53. The third-order valence-corrected chi connectivity index (χ3v) is 4.03. The first-order valence-electron chi connectivity index (χ1n) is 6.86. The number of piperidine rings is 1. The molecule has 0 spiro atoms. The molecule has 102 valence electrons. The van der Waals surface area contributed by atoms with Gasteiger partial charge in [0.25, 0.3) is 0 Å². The predicted molar refractivity (Wildman–Crippen MR) is 73.5 cm³/mol. The molecular formula is C14H20N4O. The maximum Gasteiger partial charge on any atom is 0.203 e. The largest absolute Gasteiger partial charge is 0.493 e. The molecule has 5 nitrogen and oxygen atoms in total. The normalized spacial score (nSPS) is 20.8. The number of likely N-dealkylation sites (tertiary alicyclic amines) is 1. The monoisotopic (exact) mass is 260 g/mol. The Morgan fingerprint density at radius 3 is 3.05 bits per heavy atom. The Labute approximate surface area is 113 Å². The molecule has 3 rings (SSSR count). The lowest BCUT2D eigenvalue weighted by molar-refractivity contribution is 0.182. The van der Waals surface area contributed by atoms with Gasteiger partial charge in [0, 0.05) is 18.7 Å². The predicted octanol–water partition coefficient (Wildman–Crippen LogP) is 1.76. The first-order chi connectivity index (χ1) is 9.29. The van der Waals surface area contributed by atoms with E-state index in [1.54, 1.807) is 7.11 Å². The van der Waals surface area contributed by atoms with Crippen LogP contribution in [-0.2, 0) is 6.42 Å². The molecule has 5 heteroatoms. The van der Waals surface area contributed by atoms with Crippen molar-refractivity contribution in [3.8, 4) is 5.75 Å². The average Bonchev–Trinajstić information content (AvgIpc) is 2.84. The van der Waals surface area contributed by atoms with E-state index in [0.29, 0.717) is 6.04 Å². The van der Waals surface area contributed by atoms with Gasteiger partial charge >= 0.3 is 0 Å². The SMILES string of the molecule is COc1cccn2c(CC3CCCCN3C)nnc12. The Morgan fingerprint density at radius 1 is 1.37 bits per heavy atom. The lowest BCUT2D eigenvalue weighted by Crippen LogP contribution is -2.38. The van der Waals surface area contributed by atoms with Gasteiger partial charge in [0.1, 0.15) is 5.82 Å². The second-order valence-electron chi connectivity index (χ2n) is 5.22. The highest BCUT2D eigenvalue weighted by Crippen LogP contribution is 2.21. The number of ether oxygens (including phenoxy) is 1. The molecule has 0 bridgehead atoms. The van der Waals surface area contributed by atoms with Crippen LogP contribution in [0.5, 0.6) is 5.75 Å². The van der Waals surface area contributed by atoms with Crippen LogP contribution in [0.3, 0.4) is 0 Å². The number of aromatic nitrogens is 3. The van der Waals surface area contributed by atoms with E-state index in [9.17, 15) is 0 Å². The van der Waals surface area contributed by atoms with Gasteiger partial charge in [-0.3, -0.25) is 4.40 Å². The van der Waals surface area contributed by atoms with Crippen molar-refractivity contribution >= 4 is 5.65 Å². The summed E-state index contributed by atoms with van der Waals surface area (Å²) in [7, 11) is 3.87. The second-order valence-corrected chi connectivity index (χ2v) is 5.22. The molecule has 19 heavy (non-hydrogen) atoms. The number of methoxy groups -OCH3 is 1. The quantitative estimate of drug-likeness (QED) is 0.843. The first-order valence-corrected chi connectivity index (χ1v) is 6.86. The van der Waals surface area contributed by atoms with E-state index in [1.807, 2.05) is 22.7 Å². The summed E-state index contributed by atoms with van der Waals surface area (Å²) in [5.41, 5.74) is 0.804. The van der Waals surface area contributed by atoms with Gasteiger partial charge in [-0.2, -0.15) is 0 Å². The highest BCUT2D eigenvalue weighted by Gasteiger charge is 2.21. The molecule has 1 fully saturated rings. The van der Waals surface area contributed by atoms with Crippen LogP contribution in [0.15, 0.2) is 18.3 Å². The minimum absolute atomic E-state index is 0.576. The molecule has 0 aliphatic carbocycles. The van der Waals surface area contributed by atoms with E-state index in [4.69, 9.17) is 4.74 Å². The Kier molecular flexibility index (Phi) is 3.38. The molecule has 0 radical (unpaired) electrons. The van der Waals surface area contributed by atoms with Crippen LogP contribution in [0.1, 0.15) is 25.1 Å². The fourth-order valence-corrected chi connectivity index (χ4v) is 2.85. The van der Waals surface area contributed by atoms with Crippen molar-refractivity contribution in [1.29, 1.82) is 0 Å². The summed E-state index contributed by atoms with van der Waals surface area (Å²) < 4.78 is 7.36. The Hall–Kier alpha value is -1.62. The lowest BCUT2D eigenvalue weighted by Gasteiger charge is -2.31. The lowest BCUT2D eigenvalue weighted by atomic mass is 10.00. The van der Waals surface area contributed by atoms with Gasteiger partial charge in [-0.1, -0.05) is 6.42 Å². The number of hydrogen-bond donors (Lipinski definition) is 0. The molecule has 1 aliphatic rings. The Morgan fingerprint density at radius 2 is 2.26 bits per heavy atom. The molecule has 1 atom stereocenters. The Balaban J connectivity index is 1.89. The van der Waals surface area contributed by atoms with Crippen molar-refractivity contribution in [2.24, 2.45) is 0 Å². The second kappa shape index (κ2) is 5.17. The van der Waals surface area contributed by atoms with Crippen molar-refractivity contribution in [3.05, 3.63) is 24.2 Å². The summed E-state index contributed by atoms with van der Waals surface area (Å²) in [6, 6.07) is 4.47. The summed E-state index contributed by atoms with van der Waals surface area (Å²) in [5.74, 6) is 1.80. The number of nitrogens with zero attached hydrogens (tertiary/aromatic N) is 4. The first kappa shape index (κ1) is 12.4. The number of likely N-dealkylation sites (N-methyl/N-ethyl adjacent to an activating group) is 1. The minimum atomic E-state index is 0.576. The summed E-state index contributed by atoms with van der Waals surface area (Å²) >= 11 is 0. The van der Waals surface area contributed by atoms with Gasteiger partial charge in [0.2, 0.25) is 5.65 Å². The van der Waals surface area contributed by atoms with Gasteiger partial charge in [0.15, 0.2) is 5.75 Å². The Bertz CT molecular complexity index is 566. The maximum atomic E-state index is 5.32. The maximum absolute atomic E-state index is 5.32. The molecule has 0 amide bonds. The summed E-state index contributed by atoms with van der Waals surface area (Å²) in [6.07, 6.45) is 6.83. The molecule has 2 aromatic heterocycles. The molecule has 0 N–H and O–H groups in total. The summed E-state index contributed by atoms with van der Waals surface area (Å²) in [5, 5.41) is 8.59. The van der Waals surface area contributed by atoms with Crippen molar-refractivity contribution in [1.82, 2.24) is 19.5 Å². The highest BCUT2D eigenvalue weighted by atomic mass is 16.5. The van der Waals surface area contributed by atoms with Crippen LogP contribution >= 0.6 is 0 Å². The van der Waals surface area contributed by atoms with E-state index in [1.165, 1.54) is 25.8 Å². The van der Waals surface area contributed by atoms with Gasteiger partial charge in [-0.15, -0.1) is 10.2 Å². The molecule has 2 aromatic rings. The molecule has 3 heterocycles. The number of fused-ring (bicyclic) bond motifs is 1. The van der Waals surface area contributed by atoms with Gasteiger partial charge < -0.3 is 9.64 Å². The van der Waals surface area contributed by atoms with Gasteiger partial charge in [-0.25, -0.2) is 0 Å². The van der Waals surface area contributed by atoms with Crippen molar-refractivity contribution in [2.45, 2.75) is 31.7 Å². The third kappa shape index (κ3) is 2.30. The topological polar surface area (TPSA) is 42.7 Å². The van der Waals surface area contributed by atoms with E-state index in [0.717, 1.165) is 23.6 Å². The van der Waals surface area contributed by atoms with Crippen LogP contribution in [0.25, 0.3) is 5.65 Å². The summed E-state index contributed by atoms with van der Waals surface area (Å²) in [4.78, 5) is 2.44. The van der Waals surface area contributed by atoms with Crippen LogP contribution in [0, 0.1) is 0 Å². The number of hydrogen-bond acceptors (Lipinski definition) is 4. The molecule has 0 saturated carbocycles. The van der Waals surface area contributed by atoms with Gasteiger partial charge in [-0.05, 0) is 38.6 Å². The van der Waals surface area contributed by atoms with E-state index >= 15 is 0 Å². The fourth-order valence-electron chi connectivity index (χ4n) is 2.85. The smallest absolute Gasteiger partial charge is 0.203 e. The average molecular weight is 260 g/mol. The van der Waals surface area contributed by atoms with E-state index < -0.39 is 0 Å². The van der Waals surface area contributed by atoms with Crippen molar-refractivity contribution in [2.75, 3.05) is 20.7 Å². The van der Waals surface area contributed by atoms with E-state index in [-0.39, 0.29) is 0 Å². The van der Waals surface area contributed by atoms with Crippen LogP contribution in [0.2, 0.25) is 0 Å². The number of pyridine rings is 1. The zero-order valence-corrected chi connectivity index (χ0v) is 11.5. The molecule has 1 aliphatic heterocycles. The van der Waals surface area contributed by atoms with Crippen molar-refractivity contribution < 1.29 is 4.74 Å². The minimum Gasteiger partial charge on any atom is -0.493 e.